The van der Waals surface area contributed by atoms with Gasteiger partial charge in [0.2, 0.25) is 11.7 Å². The van der Waals surface area contributed by atoms with Crippen LogP contribution in [0.4, 0.5) is 0 Å². The van der Waals surface area contributed by atoms with Gasteiger partial charge in [0.25, 0.3) is 0 Å². The fourth-order valence-corrected chi connectivity index (χ4v) is 2.24. The quantitative estimate of drug-likeness (QED) is 0.709. The summed E-state index contributed by atoms with van der Waals surface area (Å²) in [6, 6.07) is 13.9. The van der Waals surface area contributed by atoms with Gasteiger partial charge in [0, 0.05) is 28.2 Å². The lowest BCUT2D eigenvalue weighted by Crippen LogP contribution is -2.12. The van der Waals surface area contributed by atoms with Crippen LogP contribution in [0, 0.1) is 0 Å². The Labute approximate surface area is 126 Å². The summed E-state index contributed by atoms with van der Waals surface area (Å²) in [5, 5.41) is 0.875. The van der Waals surface area contributed by atoms with Crippen LogP contribution in [0.2, 0.25) is 0 Å². The van der Waals surface area contributed by atoms with Crippen LogP contribution in [0.15, 0.2) is 54.7 Å². The normalized spacial score (nSPS) is 10.5. The van der Waals surface area contributed by atoms with Gasteiger partial charge in [-0.25, -0.2) is 0 Å². The van der Waals surface area contributed by atoms with Crippen molar-refractivity contribution in [2.24, 2.45) is 5.73 Å². The maximum absolute atomic E-state index is 12.2. The third-order valence-corrected chi connectivity index (χ3v) is 3.40. The lowest BCUT2D eigenvalue weighted by atomic mass is 10.1. The van der Waals surface area contributed by atoms with Crippen molar-refractivity contribution in [2.45, 2.75) is 0 Å². The van der Waals surface area contributed by atoms with Crippen LogP contribution in [-0.2, 0) is 0 Å². The number of carbonyl (C=O) groups is 2. The molecule has 0 aliphatic carbocycles. The van der Waals surface area contributed by atoms with Gasteiger partial charge in [0.1, 0.15) is 5.75 Å². The zero-order valence-electron chi connectivity index (χ0n) is 11.7. The van der Waals surface area contributed by atoms with Crippen LogP contribution in [0.3, 0.4) is 0 Å². The second-order valence-electron chi connectivity index (χ2n) is 4.85. The van der Waals surface area contributed by atoms with Gasteiger partial charge >= 0.3 is 0 Å². The molecule has 0 bridgehead atoms. The Morgan fingerprint density at radius 2 is 1.77 bits per heavy atom. The monoisotopic (exact) mass is 294 g/mol. The highest BCUT2D eigenvalue weighted by Crippen LogP contribution is 2.19. The van der Waals surface area contributed by atoms with Crippen LogP contribution in [0.5, 0.6) is 5.75 Å². The van der Waals surface area contributed by atoms with E-state index in [0.29, 0.717) is 16.9 Å². The van der Waals surface area contributed by atoms with E-state index in [9.17, 15) is 9.59 Å². The molecule has 0 unspecified atom stereocenters. The molecule has 3 rings (SSSR count). The zero-order valence-corrected chi connectivity index (χ0v) is 11.7. The molecule has 2 aromatic carbocycles. The number of Topliss-reactive ketones (excluding diaryl/α,β-unsaturated/α-hetero) is 1. The molecule has 0 atom stereocenters. The summed E-state index contributed by atoms with van der Waals surface area (Å²) in [5.74, 6) is -0.101. The van der Waals surface area contributed by atoms with Crippen molar-refractivity contribution < 1.29 is 14.3 Å². The third-order valence-electron chi connectivity index (χ3n) is 3.40. The molecule has 5 heteroatoms. The number of hydrogen-bond donors (Lipinski definition) is 2. The Kier molecular flexibility index (Phi) is 3.62. The van der Waals surface area contributed by atoms with Crippen molar-refractivity contribution in [1.82, 2.24) is 4.98 Å². The molecule has 110 valence electrons. The summed E-state index contributed by atoms with van der Waals surface area (Å²) in [6.45, 7) is -0.0717. The number of aromatic amines is 1. The topological polar surface area (TPSA) is 85.2 Å². The van der Waals surface area contributed by atoms with Gasteiger partial charge in [-0.15, -0.1) is 0 Å². The summed E-state index contributed by atoms with van der Waals surface area (Å²) < 4.78 is 5.46. The maximum atomic E-state index is 12.2. The Hall–Kier alpha value is -3.08. The fourth-order valence-electron chi connectivity index (χ4n) is 2.24. The van der Waals surface area contributed by atoms with Crippen molar-refractivity contribution in [1.29, 1.82) is 0 Å². The number of nitrogens with two attached hydrogens (primary N) is 1. The highest BCUT2D eigenvalue weighted by atomic mass is 16.5. The summed E-state index contributed by atoms with van der Waals surface area (Å²) in [6.07, 6.45) is 1.69. The van der Waals surface area contributed by atoms with E-state index in [1.165, 1.54) is 0 Å². The standard InChI is InChI=1S/C17H14N2O3/c18-17(21)11-5-7-12(8-6-11)22-10-16(20)14-9-19-15-4-2-1-3-13(14)15/h1-9,19H,10H2,(H2,18,21). The van der Waals surface area contributed by atoms with Gasteiger partial charge in [-0.05, 0) is 30.3 Å². The summed E-state index contributed by atoms with van der Waals surface area (Å²) >= 11 is 0. The van der Waals surface area contributed by atoms with Crippen LogP contribution >= 0.6 is 0 Å². The molecule has 22 heavy (non-hydrogen) atoms. The molecule has 1 heterocycles. The first-order chi connectivity index (χ1) is 10.6. The second-order valence-corrected chi connectivity index (χ2v) is 4.85. The van der Waals surface area contributed by atoms with Gasteiger partial charge in [0.15, 0.2) is 6.61 Å². The number of para-hydroxylation sites is 1. The minimum absolute atomic E-state index is 0.0717. The molecule has 3 N–H and O–H groups in total. The van der Waals surface area contributed by atoms with Gasteiger partial charge in [0.05, 0.1) is 0 Å². The smallest absolute Gasteiger partial charge is 0.248 e. The largest absolute Gasteiger partial charge is 0.485 e. The summed E-state index contributed by atoms with van der Waals surface area (Å²) in [7, 11) is 0. The molecule has 0 radical (unpaired) electrons. The molecular formula is C17H14N2O3. The third kappa shape index (κ3) is 2.69. The molecular weight excluding hydrogens is 280 g/mol. The number of carbonyl (C=O) groups excluding carboxylic acids is 2. The molecule has 0 aliphatic heterocycles. The van der Waals surface area contributed by atoms with Gasteiger partial charge < -0.3 is 15.5 Å². The number of H-pyrrole nitrogens is 1. The van der Waals surface area contributed by atoms with E-state index in [1.54, 1.807) is 30.5 Å². The number of fused-ring (bicyclic) bond motifs is 1. The predicted octanol–water partition coefficient (Wildman–Crippen LogP) is 2.53. The predicted molar refractivity (Wildman–Crippen MR) is 83.1 cm³/mol. The number of aromatic nitrogens is 1. The van der Waals surface area contributed by atoms with Crippen molar-refractivity contribution in [2.75, 3.05) is 6.61 Å². The van der Waals surface area contributed by atoms with Crippen molar-refractivity contribution in [3.8, 4) is 5.75 Å². The van der Waals surface area contributed by atoms with Gasteiger partial charge in [-0.3, -0.25) is 9.59 Å². The average molecular weight is 294 g/mol. The molecule has 1 amide bonds. The van der Waals surface area contributed by atoms with E-state index in [0.717, 1.165) is 10.9 Å². The Morgan fingerprint density at radius 1 is 1.05 bits per heavy atom. The molecule has 0 aliphatic rings. The van der Waals surface area contributed by atoms with Crippen LogP contribution in [0.25, 0.3) is 10.9 Å². The Balaban J connectivity index is 1.71. The first-order valence-electron chi connectivity index (χ1n) is 6.77. The Bertz CT molecular complexity index is 834. The van der Waals surface area contributed by atoms with E-state index in [4.69, 9.17) is 10.5 Å². The number of primary amides is 1. The molecule has 3 aromatic rings. The second kappa shape index (κ2) is 5.73. The highest BCUT2D eigenvalue weighted by Gasteiger charge is 2.12. The average Bonchev–Trinajstić information content (AvgIpc) is 2.97. The van der Waals surface area contributed by atoms with E-state index in [-0.39, 0.29) is 12.4 Å². The minimum atomic E-state index is -0.499. The van der Waals surface area contributed by atoms with E-state index < -0.39 is 5.91 Å². The van der Waals surface area contributed by atoms with Crippen LogP contribution < -0.4 is 10.5 Å². The molecule has 0 fully saturated rings. The van der Waals surface area contributed by atoms with E-state index in [1.807, 2.05) is 24.3 Å². The van der Waals surface area contributed by atoms with E-state index in [2.05, 4.69) is 4.98 Å². The SMILES string of the molecule is NC(=O)c1ccc(OCC(=O)c2c[nH]c3ccccc23)cc1. The number of ketones is 1. The lowest BCUT2D eigenvalue weighted by Gasteiger charge is -2.05. The van der Waals surface area contributed by atoms with Crippen molar-refractivity contribution in [3.63, 3.8) is 0 Å². The molecule has 0 saturated carbocycles. The van der Waals surface area contributed by atoms with Crippen molar-refractivity contribution in [3.05, 3.63) is 65.9 Å². The van der Waals surface area contributed by atoms with Gasteiger partial charge in [-0.1, -0.05) is 18.2 Å². The van der Waals surface area contributed by atoms with Crippen LogP contribution in [0.1, 0.15) is 20.7 Å². The number of amides is 1. The minimum Gasteiger partial charge on any atom is -0.485 e. The maximum Gasteiger partial charge on any atom is 0.248 e. The number of benzene rings is 2. The molecule has 1 aromatic heterocycles. The molecule has 0 spiro atoms. The zero-order chi connectivity index (χ0) is 15.5. The number of rotatable bonds is 5. The lowest BCUT2D eigenvalue weighted by molar-refractivity contribution is 0.0922. The fraction of sp³-hybridized carbons (Fsp3) is 0.0588. The molecule has 5 nitrogen and oxygen atoms in total. The molecule has 0 saturated heterocycles. The highest BCUT2D eigenvalue weighted by molar-refractivity contribution is 6.08. The Morgan fingerprint density at radius 3 is 2.50 bits per heavy atom. The van der Waals surface area contributed by atoms with Gasteiger partial charge in [-0.2, -0.15) is 0 Å². The van der Waals surface area contributed by atoms with Crippen molar-refractivity contribution >= 4 is 22.6 Å². The van der Waals surface area contributed by atoms with Crippen LogP contribution in [-0.4, -0.2) is 23.3 Å². The number of nitrogens with one attached hydrogen (secondary N) is 1. The summed E-state index contributed by atoms with van der Waals surface area (Å²) in [5.41, 5.74) is 7.08. The summed E-state index contributed by atoms with van der Waals surface area (Å²) in [4.78, 5) is 26.3. The first-order valence-corrected chi connectivity index (χ1v) is 6.77. The van der Waals surface area contributed by atoms with E-state index >= 15 is 0 Å². The number of ether oxygens (including phenoxy) is 1. The number of hydrogen-bond acceptors (Lipinski definition) is 3. The first kappa shape index (κ1) is 13.9.